The molecule has 1 amide bonds. The highest BCUT2D eigenvalue weighted by molar-refractivity contribution is 5.79. The normalized spacial score (nSPS) is 14.7. The highest BCUT2D eigenvalue weighted by atomic mass is 16.3. The van der Waals surface area contributed by atoms with E-state index < -0.39 is 23.8 Å². The molecule has 14 heavy (non-hydrogen) atoms. The SMILES string of the molecule is NC(=O)C(O)C(O)c1cnc(=O)[nH]c1. The van der Waals surface area contributed by atoms with Gasteiger partial charge in [-0.25, -0.2) is 9.78 Å². The van der Waals surface area contributed by atoms with Crippen LogP contribution in [-0.4, -0.2) is 32.2 Å². The summed E-state index contributed by atoms with van der Waals surface area (Å²) in [5, 5.41) is 18.4. The molecule has 5 N–H and O–H groups in total. The number of H-pyrrole nitrogens is 1. The minimum absolute atomic E-state index is 0.107. The first-order valence-corrected chi connectivity index (χ1v) is 3.72. The van der Waals surface area contributed by atoms with Crippen LogP contribution in [0.4, 0.5) is 0 Å². The third-order valence-electron chi connectivity index (χ3n) is 1.63. The van der Waals surface area contributed by atoms with Crippen LogP contribution >= 0.6 is 0 Å². The van der Waals surface area contributed by atoms with Crippen LogP contribution in [0, 0.1) is 0 Å². The minimum Gasteiger partial charge on any atom is -0.385 e. The van der Waals surface area contributed by atoms with Crippen LogP contribution in [0.2, 0.25) is 0 Å². The molecule has 0 saturated heterocycles. The van der Waals surface area contributed by atoms with Crippen LogP contribution < -0.4 is 11.4 Å². The van der Waals surface area contributed by atoms with Crippen molar-refractivity contribution >= 4 is 5.91 Å². The van der Waals surface area contributed by atoms with Gasteiger partial charge in [-0.2, -0.15) is 0 Å². The molecule has 1 aromatic rings. The number of aromatic nitrogens is 2. The number of rotatable bonds is 3. The van der Waals surface area contributed by atoms with E-state index in [4.69, 9.17) is 10.8 Å². The number of aliphatic hydroxyl groups excluding tert-OH is 2. The maximum Gasteiger partial charge on any atom is 0.344 e. The summed E-state index contributed by atoms with van der Waals surface area (Å²) in [5.41, 5.74) is 4.28. The van der Waals surface area contributed by atoms with Crippen LogP contribution in [-0.2, 0) is 4.79 Å². The molecule has 0 aliphatic carbocycles. The van der Waals surface area contributed by atoms with Gasteiger partial charge in [0.1, 0.15) is 6.10 Å². The van der Waals surface area contributed by atoms with E-state index in [-0.39, 0.29) is 5.56 Å². The first kappa shape index (κ1) is 10.4. The predicted octanol–water partition coefficient (Wildman–Crippen LogP) is -2.35. The Labute approximate surface area is 78.2 Å². The molecule has 7 heteroatoms. The molecule has 0 fully saturated rings. The zero-order valence-corrected chi connectivity index (χ0v) is 7.04. The second-order valence-electron chi connectivity index (χ2n) is 2.64. The van der Waals surface area contributed by atoms with E-state index in [1.165, 1.54) is 0 Å². The maximum atomic E-state index is 10.5. The van der Waals surface area contributed by atoms with Crippen molar-refractivity contribution in [1.82, 2.24) is 9.97 Å². The molecule has 1 rings (SSSR count). The van der Waals surface area contributed by atoms with E-state index in [9.17, 15) is 14.7 Å². The number of aromatic amines is 1. The standard InChI is InChI=1S/C7H9N3O4/c8-6(13)5(12)4(11)3-1-9-7(14)10-2-3/h1-2,4-5,11-12H,(H2,8,13)(H,9,10,14). The van der Waals surface area contributed by atoms with Gasteiger partial charge in [0.15, 0.2) is 6.10 Å². The Morgan fingerprint density at radius 2 is 2.21 bits per heavy atom. The number of primary amides is 1. The fraction of sp³-hybridized carbons (Fsp3) is 0.286. The van der Waals surface area contributed by atoms with Gasteiger partial charge in [0.25, 0.3) is 0 Å². The average molecular weight is 199 g/mol. The van der Waals surface area contributed by atoms with E-state index in [2.05, 4.69) is 9.97 Å². The predicted molar refractivity (Wildman–Crippen MR) is 45.0 cm³/mol. The second kappa shape index (κ2) is 3.99. The Kier molecular flexibility index (Phi) is 2.95. The van der Waals surface area contributed by atoms with Gasteiger partial charge < -0.3 is 20.9 Å². The summed E-state index contributed by atoms with van der Waals surface area (Å²) in [7, 11) is 0. The lowest BCUT2D eigenvalue weighted by atomic mass is 10.1. The summed E-state index contributed by atoms with van der Waals surface area (Å²) in [6.07, 6.45) is -1.01. The number of aliphatic hydroxyl groups is 2. The zero-order valence-electron chi connectivity index (χ0n) is 7.04. The second-order valence-corrected chi connectivity index (χ2v) is 2.64. The van der Waals surface area contributed by atoms with Gasteiger partial charge in [0.05, 0.1) is 0 Å². The van der Waals surface area contributed by atoms with Crippen LogP contribution in [0.15, 0.2) is 17.2 Å². The average Bonchev–Trinajstić information content (AvgIpc) is 2.16. The van der Waals surface area contributed by atoms with Gasteiger partial charge in [0, 0.05) is 18.0 Å². The van der Waals surface area contributed by atoms with Crippen LogP contribution in [0.3, 0.4) is 0 Å². The molecule has 0 saturated carbocycles. The lowest BCUT2D eigenvalue weighted by Crippen LogP contribution is -2.34. The Morgan fingerprint density at radius 3 is 2.64 bits per heavy atom. The number of nitrogens with two attached hydrogens (primary N) is 1. The molecule has 2 atom stereocenters. The third kappa shape index (κ3) is 2.15. The van der Waals surface area contributed by atoms with Crippen molar-refractivity contribution in [1.29, 1.82) is 0 Å². The molecule has 0 aliphatic heterocycles. The van der Waals surface area contributed by atoms with Gasteiger partial charge in [-0.3, -0.25) is 4.79 Å². The highest BCUT2D eigenvalue weighted by Crippen LogP contribution is 2.13. The van der Waals surface area contributed by atoms with E-state index in [1.807, 2.05) is 0 Å². The first-order valence-electron chi connectivity index (χ1n) is 3.72. The Bertz CT molecular complexity index is 368. The summed E-state index contributed by atoms with van der Waals surface area (Å²) in [4.78, 5) is 26.5. The van der Waals surface area contributed by atoms with Gasteiger partial charge in [-0.15, -0.1) is 0 Å². The van der Waals surface area contributed by atoms with Crippen molar-refractivity contribution in [2.24, 2.45) is 5.73 Å². The molecular formula is C7H9N3O4. The molecule has 0 radical (unpaired) electrons. The van der Waals surface area contributed by atoms with Gasteiger partial charge in [-0.1, -0.05) is 0 Å². The number of amides is 1. The minimum atomic E-state index is -1.72. The summed E-state index contributed by atoms with van der Waals surface area (Å²) < 4.78 is 0. The van der Waals surface area contributed by atoms with E-state index in [0.717, 1.165) is 12.4 Å². The Hall–Kier alpha value is -1.73. The van der Waals surface area contributed by atoms with Gasteiger partial charge >= 0.3 is 5.69 Å². The fourth-order valence-electron chi connectivity index (χ4n) is 0.852. The Morgan fingerprint density at radius 1 is 1.57 bits per heavy atom. The molecule has 2 unspecified atom stereocenters. The van der Waals surface area contributed by atoms with Crippen molar-refractivity contribution in [3.8, 4) is 0 Å². The van der Waals surface area contributed by atoms with E-state index in [0.29, 0.717) is 0 Å². The largest absolute Gasteiger partial charge is 0.385 e. The lowest BCUT2D eigenvalue weighted by molar-refractivity contribution is -0.132. The van der Waals surface area contributed by atoms with Crippen LogP contribution in [0.25, 0.3) is 0 Å². The van der Waals surface area contributed by atoms with Crippen LogP contribution in [0.5, 0.6) is 0 Å². The van der Waals surface area contributed by atoms with E-state index in [1.54, 1.807) is 0 Å². The summed E-state index contributed by atoms with van der Waals surface area (Å²) in [6.45, 7) is 0. The summed E-state index contributed by atoms with van der Waals surface area (Å²) in [5.74, 6) is -1.05. The highest BCUT2D eigenvalue weighted by Gasteiger charge is 2.23. The monoisotopic (exact) mass is 199 g/mol. The molecule has 76 valence electrons. The van der Waals surface area contributed by atoms with Crippen molar-refractivity contribution in [2.45, 2.75) is 12.2 Å². The van der Waals surface area contributed by atoms with Gasteiger partial charge in [0.2, 0.25) is 5.91 Å². The third-order valence-corrected chi connectivity index (χ3v) is 1.63. The van der Waals surface area contributed by atoms with Crippen molar-refractivity contribution in [3.63, 3.8) is 0 Å². The van der Waals surface area contributed by atoms with Crippen molar-refractivity contribution in [3.05, 3.63) is 28.4 Å². The molecule has 0 bridgehead atoms. The van der Waals surface area contributed by atoms with Crippen molar-refractivity contribution in [2.75, 3.05) is 0 Å². The lowest BCUT2D eigenvalue weighted by Gasteiger charge is -2.13. The summed E-state index contributed by atoms with van der Waals surface area (Å²) in [6, 6.07) is 0. The number of hydrogen-bond donors (Lipinski definition) is 4. The maximum absolute atomic E-state index is 10.5. The Balaban J connectivity index is 2.89. The van der Waals surface area contributed by atoms with Gasteiger partial charge in [-0.05, 0) is 0 Å². The molecule has 1 aromatic heterocycles. The fourth-order valence-corrected chi connectivity index (χ4v) is 0.852. The first-order chi connectivity index (χ1) is 6.52. The number of hydrogen-bond acceptors (Lipinski definition) is 5. The number of nitrogens with zero attached hydrogens (tertiary/aromatic N) is 1. The zero-order chi connectivity index (χ0) is 10.7. The number of nitrogens with one attached hydrogen (secondary N) is 1. The molecule has 7 nitrogen and oxygen atoms in total. The number of carbonyl (C=O) groups excluding carboxylic acids is 1. The molecule has 0 spiro atoms. The molecule has 0 aromatic carbocycles. The van der Waals surface area contributed by atoms with E-state index >= 15 is 0 Å². The summed E-state index contributed by atoms with van der Waals surface area (Å²) >= 11 is 0. The smallest absolute Gasteiger partial charge is 0.344 e. The topological polar surface area (TPSA) is 129 Å². The van der Waals surface area contributed by atoms with Crippen molar-refractivity contribution < 1.29 is 15.0 Å². The molecular weight excluding hydrogens is 190 g/mol. The van der Waals surface area contributed by atoms with Crippen LogP contribution in [0.1, 0.15) is 11.7 Å². The molecule has 0 aliphatic rings. The number of carbonyl (C=O) groups is 1. The quantitative estimate of drug-likeness (QED) is 0.433. The molecule has 1 heterocycles.